The molecule has 2 aromatic carbocycles. The molecule has 0 aliphatic heterocycles. The molecule has 0 bridgehead atoms. The Bertz CT molecular complexity index is 1130. The van der Waals surface area contributed by atoms with Gasteiger partial charge in [0.25, 0.3) is 5.56 Å². The second-order valence-electron chi connectivity index (χ2n) is 6.97. The SMILES string of the molecule is CC[C@@H](Sc1nc(O)c(Cc2ccccc2)c(=O)[nH]1)C(=O)Nc1ccc(C(C)=O)cc1. The Balaban J connectivity index is 1.71. The lowest BCUT2D eigenvalue weighted by Gasteiger charge is -2.15. The van der Waals surface area contributed by atoms with Crippen molar-refractivity contribution in [2.75, 3.05) is 5.32 Å². The van der Waals surface area contributed by atoms with Crippen LogP contribution in [-0.2, 0) is 11.2 Å². The maximum absolute atomic E-state index is 12.7. The summed E-state index contributed by atoms with van der Waals surface area (Å²) in [6.07, 6.45) is 0.742. The molecule has 0 spiro atoms. The number of Topliss-reactive ketones (excluding diaryl/α,β-unsaturated/α-hetero) is 1. The van der Waals surface area contributed by atoms with Crippen LogP contribution in [0.4, 0.5) is 5.69 Å². The molecule has 1 heterocycles. The van der Waals surface area contributed by atoms with Gasteiger partial charge in [-0.3, -0.25) is 14.4 Å². The highest BCUT2D eigenvalue weighted by Gasteiger charge is 2.21. The van der Waals surface area contributed by atoms with Crippen molar-refractivity contribution in [1.82, 2.24) is 9.97 Å². The first-order valence-electron chi connectivity index (χ1n) is 9.82. The molecule has 3 N–H and O–H groups in total. The van der Waals surface area contributed by atoms with Crippen molar-refractivity contribution in [3.63, 3.8) is 0 Å². The molecule has 3 aromatic rings. The van der Waals surface area contributed by atoms with Crippen LogP contribution in [0.1, 0.15) is 41.8 Å². The summed E-state index contributed by atoms with van der Waals surface area (Å²) in [7, 11) is 0. The molecule has 0 fully saturated rings. The van der Waals surface area contributed by atoms with Gasteiger partial charge >= 0.3 is 0 Å². The zero-order chi connectivity index (χ0) is 22.4. The first-order valence-corrected chi connectivity index (χ1v) is 10.7. The van der Waals surface area contributed by atoms with Gasteiger partial charge in [-0.2, -0.15) is 4.98 Å². The van der Waals surface area contributed by atoms with Crippen molar-refractivity contribution in [1.29, 1.82) is 0 Å². The Morgan fingerprint density at radius 2 is 1.81 bits per heavy atom. The van der Waals surface area contributed by atoms with E-state index in [1.54, 1.807) is 24.3 Å². The number of benzene rings is 2. The Labute approximate surface area is 183 Å². The molecule has 7 nitrogen and oxygen atoms in total. The van der Waals surface area contributed by atoms with Crippen LogP contribution in [0, 0.1) is 0 Å². The number of hydrogen-bond acceptors (Lipinski definition) is 6. The normalized spacial score (nSPS) is 11.7. The van der Waals surface area contributed by atoms with Gasteiger partial charge in [-0.05, 0) is 43.2 Å². The molecule has 1 amide bonds. The average Bonchev–Trinajstić information content (AvgIpc) is 2.75. The predicted octanol–water partition coefficient (Wildman–Crippen LogP) is 3.78. The second kappa shape index (κ2) is 10.1. The number of carbonyl (C=O) groups excluding carboxylic acids is 2. The van der Waals surface area contributed by atoms with E-state index in [1.165, 1.54) is 6.92 Å². The van der Waals surface area contributed by atoms with Gasteiger partial charge in [0.15, 0.2) is 10.9 Å². The number of hydrogen-bond donors (Lipinski definition) is 3. The molecular weight excluding hydrogens is 414 g/mol. The summed E-state index contributed by atoms with van der Waals surface area (Å²) in [5.41, 5.74) is 1.75. The third-order valence-corrected chi connectivity index (χ3v) is 5.92. The number of aromatic amines is 1. The number of ketones is 1. The molecule has 0 saturated carbocycles. The lowest BCUT2D eigenvalue weighted by atomic mass is 10.1. The highest BCUT2D eigenvalue weighted by atomic mass is 32.2. The summed E-state index contributed by atoms with van der Waals surface area (Å²) < 4.78 is 0. The summed E-state index contributed by atoms with van der Waals surface area (Å²) in [5, 5.41) is 12.7. The summed E-state index contributed by atoms with van der Waals surface area (Å²) in [5.74, 6) is -0.658. The Morgan fingerprint density at radius 3 is 2.39 bits per heavy atom. The predicted molar refractivity (Wildman–Crippen MR) is 121 cm³/mol. The first kappa shape index (κ1) is 22.3. The number of anilines is 1. The minimum absolute atomic E-state index is 0.0505. The van der Waals surface area contributed by atoms with Crippen molar-refractivity contribution in [2.45, 2.75) is 37.1 Å². The van der Waals surface area contributed by atoms with E-state index >= 15 is 0 Å². The van der Waals surface area contributed by atoms with Gasteiger partial charge in [0.05, 0.1) is 10.8 Å². The van der Waals surface area contributed by atoms with Gasteiger partial charge in [0, 0.05) is 17.7 Å². The number of nitrogens with zero attached hydrogens (tertiary/aromatic N) is 1. The van der Waals surface area contributed by atoms with Crippen LogP contribution in [0.3, 0.4) is 0 Å². The van der Waals surface area contributed by atoms with E-state index in [-0.39, 0.29) is 34.7 Å². The van der Waals surface area contributed by atoms with Crippen LogP contribution >= 0.6 is 11.8 Å². The maximum atomic E-state index is 12.7. The Hall–Kier alpha value is -3.39. The van der Waals surface area contributed by atoms with Crippen molar-refractivity contribution >= 4 is 29.1 Å². The van der Waals surface area contributed by atoms with Crippen LogP contribution in [0.25, 0.3) is 0 Å². The zero-order valence-corrected chi connectivity index (χ0v) is 18.0. The number of rotatable bonds is 8. The largest absolute Gasteiger partial charge is 0.493 e. The number of amides is 1. The molecule has 31 heavy (non-hydrogen) atoms. The van der Waals surface area contributed by atoms with Crippen molar-refractivity contribution < 1.29 is 14.7 Å². The molecule has 0 aliphatic rings. The fourth-order valence-electron chi connectivity index (χ4n) is 2.95. The first-order chi connectivity index (χ1) is 14.9. The fraction of sp³-hybridized carbons (Fsp3) is 0.217. The molecule has 1 aromatic heterocycles. The molecule has 0 saturated heterocycles. The summed E-state index contributed by atoms with van der Waals surface area (Å²) in [6.45, 7) is 3.32. The fourth-order valence-corrected chi connectivity index (χ4v) is 3.84. The van der Waals surface area contributed by atoms with E-state index in [0.29, 0.717) is 17.7 Å². The molecule has 8 heteroatoms. The number of thioether (sulfide) groups is 1. The van der Waals surface area contributed by atoms with Gasteiger partial charge < -0.3 is 15.4 Å². The third kappa shape index (κ3) is 5.82. The number of aromatic nitrogens is 2. The summed E-state index contributed by atoms with van der Waals surface area (Å²) in [4.78, 5) is 43.3. The van der Waals surface area contributed by atoms with E-state index in [0.717, 1.165) is 17.3 Å². The zero-order valence-electron chi connectivity index (χ0n) is 17.2. The Morgan fingerprint density at radius 1 is 1.13 bits per heavy atom. The van der Waals surface area contributed by atoms with E-state index < -0.39 is 10.8 Å². The molecule has 0 aliphatic carbocycles. The molecule has 0 unspecified atom stereocenters. The molecule has 1 atom stereocenters. The molecule has 3 rings (SSSR count). The topological polar surface area (TPSA) is 112 Å². The second-order valence-corrected chi connectivity index (χ2v) is 8.16. The number of carbonyl (C=O) groups is 2. The number of aromatic hydroxyl groups is 1. The van der Waals surface area contributed by atoms with Gasteiger partial charge in [0.1, 0.15) is 0 Å². The standard InChI is InChI=1S/C23H23N3O4S/c1-3-19(22(30)24-17-11-9-16(10-12-17)14(2)27)31-23-25-20(28)18(21(29)26-23)13-15-7-5-4-6-8-15/h4-12,19H,3,13H2,1-2H3,(H,24,30)(H2,25,26,28,29)/t19-/m1/s1. The van der Waals surface area contributed by atoms with Crippen molar-refractivity contribution in [3.8, 4) is 5.88 Å². The summed E-state index contributed by atoms with van der Waals surface area (Å²) >= 11 is 1.07. The van der Waals surface area contributed by atoms with Crippen LogP contribution in [-0.4, -0.2) is 32.0 Å². The van der Waals surface area contributed by atoms with E-state index in [9.17, 15) is 19.5 Å². The maximum Gasteiger partial charge on any atom is 0.258 e. The van der Waals surface area contributed by atoms with E-state index in [4.69, 9.17) is 0 Å². The van der Waals surface area contributed by atoms with Crippen molar-refractivity contribution in [2.24, 2.45) is 0 Å². The van der Waals surface area contributed by atoms with Crippen LogP contribution in [0.5, 0.6) is 5.88 Å². The average molecular weight is 438 g/mol. The van der Waals surface area contributed by atoms with Crippen LogP contribution in [0.2, 0.25) is 0 Å². The minimum Gasteiger partial charge on any atom is -0.493 e. The number of nitrogens with one attached hydrogen (secondary N) is 2. The van der Waals surface area contributed by atoms with E-state index in [1.807, 2.05) is 37.3 Å². The van der Waals surface area contributed by atoms with Crippen LogP contribution in [0.15, 0.2) is 64.5 Å². The smallest absolute Gasteiger partial charge is 0.258 e. The molecule has 0 radical (unpaired) electrons. The highest BCUT2D eigenvalue weighted by Crippen LogP contribution is 2.25. The molecule has 160 valence electrons. The number of H-pyrrole nitrogens is 1. The van der Waals surface area contributed by atoms with E-state index in [2.05, 4.69) is 15.3 Å². The monoisotopic (exact) mass is 437 g/mol. The van der Waals surface area contributed by atoms with Crippen molar-refractivity contribution in [3.05, 3.63) is 81.6 Å². The lowest BCUT2D eigenvalue weighted by Crippen LogP contribution is -2.25. The highest BCUT2D eigenvalue weighted by molar-refractivity contribution is 8.00. The third-order valence-electron chi connectivity index (χ3n) is 4.67. The van der Waals surface area contributed by atoms with Gasteiger partial charge in [-0.25, -0.2) is 0 Å². The summed E-state index contributed by atoms with van der Waals surface area (Å²) in [6, 6.07) is 15.9. The van der Waals surface area contributed by atoms with Crippen LogP contribution < -0.4 is 10.9 Å². The Kier molecular flexibility index (Phi) is 7.25. The quantitative estimate of drug-likeness (QED) is 0.281. The van der Waals surface area contributed by atoms with Gasteiger partial charge in [0.2, 0.25) is 11.8 Å². The molecular formula is C23H23N3O4S. The van der Waals surface area contributed by atoms with Gasteiger partial charge in [-0.1, -0.05) is 49.0 Å². The van der Waals surface area contributed by atoms with Gasteiger partial charge in [-0.15, -0.1) is 0 Å². The lowest BCUT2D eigenvalue weighted by molar-refractivity contribution is -0.115. The minimum atomic E-state index is -0.532.